The van der Waals surface area contributed by atoms with Gasteiger partial charge in [-0.1, -0.05) is 18.2 Å². The molecule has 1 saturated heterocycles. The van der Waals surface area contributed by atoms with Crippen LogP contribution in [0.2, 0.25) is 0 Å². The van der Waals surface area contributed by atoms with Crippen LogP contribution in [0.4, 0.5) is 8.78 Å². The Labute approximate surface area is 161 Å². The fourth-order valence-electron chi connectivity index (χ4n) is 3.27. The molecule has 5 nitrogen and oxygen atoms in total. The fraction of sp³-hybridized carbons (Fsp3) is 0.250. The topological polar surface area (TPSA) is 59.5 Å². The molecule has 0 spiro atoms. The summed E-state index contributed by atoms with van der Waals surface area (Å²) in [5, 5.41) is 0.989. The van der Waals surface area contributed by atoms with Crippen molar-refractivity contribution in [3.05, 3.63) is 71.8 Å². The Bertz CT molecular complexity index is 1120. The van der Waals surface area contributed by atoms with Crippen LogP contribution in [0.25, 0.3) is 10.9 Å². The predicted octanol–water partition coefficient (Wildman–Crippen LogP) is 3.50. The monoisotopic (exact) mass is 404 g/mol. The molecule has 1 unspecified atom stereocenters. The largest absolute Gasteiger partial charge is 0.473 e. The predicted molar refractivity (Wildman–Crippen MR) is 101 cm³/mol. The van der Waals surface area contributed by atoms with Gasteiger partial charge in [0.15, 0.2) is 0 Å². The van der Waals surface area contributed by atoms with Crippen molar-refractivity contribution in [2.24, 2.45) is 0 Å². The number of para-hydroxylation sites is 1. The van der Waals surface area contributed by atoms with Gasteiger partial charge in [0, 0.05) is 23.6 Å². The molecule has 1 aliphatic heterocycles. The van der Waals surface area contributed by atoms with Gasteiger partial charge in [0.25, 0.3) is 0 Å². The van der Waals surface area contributed by atoms with E-state index in [1.165, 1.54) is 4.31 Å². The standard InChI is InChI=1S/C20H18F2N2O3S/c21-16-6-7-18(22)15(11-16)13-28(25,26)24-10-9-17(12-24)27-20-8-5-14-3-1-2-4-19(14)23-20/h1-8,11,17H,9-10,12-13H2. The number of nitrogens with zero attached hydrogens (tertiary/aromatic N) is 2. The van der Waals surface area contributed by atoms with E-state index in [1.54, 1.807) is 6.07 Å². The number of rotatable bonds is 5. The van der Waals surface area contributed by atoms with Crippen molar-refractivity contribution >= 4 is 20.9 Å². The summed E-state index contributed by atoms with van der Waals surface area (Å²) in [6.45, 7) is 0.408. The average molecular weight is 404 g/mol. The first kappa shape index (κ1) is 18.8. The van der Waals surface area contributed by atoms with E-state index in [0.717, 1.165) is 29.1 Å². The summed E-state index contributed by atoms with van der Waals surface area (Å²) < 4.78 is 59.4. The summed E-state index contributed by atoms with van der Waals surface area (Å²) in [6.07, 6.45) is 0.153. The molecule has 1 atom stereocenters. The number of ether oxygens (including phenoxy) is 1. The molecule has 0 N–H and O–H groups in total. The van der Waals surface area contributed by atoms with E-state index in [2.05, 4.69) is 4.98 Å². The lowest BCUT2D eigenvalue weighted by Crippen LogP contribution is -2.32. The summed E-state index contributed by atoms with van der Waals surface area (Å²) in [5.74, 6) is -1.56. The minimum atomic E-state index is -3.79. The van der Waals surface area contributed by atoms with Crippen LogP contribution in [-0.2, 0) is 15.8 Å². The van der Waals surface area contributed by atoms with Crippen LogP contribution in [-0.4, -0.2) is 36.9 Å². The zero-order chi connectivity index (χ0) is 19.7. The molecule has 1 fully saturated rings. The molecule has 0 radical (unpaired) electrons. The SMILES string of the molecule is O=S(=O)(Cc1cc(F)ccc1F)N1CCC(Oc2ccc3ccccc3n2)C1. The molecule has 8 heteroatoms. The van der Waals surface area contributed by atoms with Gasteiger partial charge < -0.3 is 4.74 Å². The molecule has 1 aliphatic rings. The Balaban J connectivity index is 1.44. The molecule has 146 valence electrons. The Hall–Kier alpha value is -2.58. The highest BCUT2D eigenvalue weighted by atomic mass is 32.2. The summed E-state index contributed by atoms with van der Waals surface area (Å²) >= 11 is 0. The van der Waals surface area contributed by atoms with Gasteiger partial charge in [0.05, 0.1) is 17.8 Å². The number of benzene rings is 2. The average Bonchev–Trinajstić information content (AvgIpc) is 3.14. The van der Waals surface area contributed by atoms with Crippen molar-refractivity contribution in [3.63, 3.8) is 0 Å². The van der Waals surface area contributed by atoms with Crippen molar-refractivity contribution < 1.29 is 21.9 Å². The summed E-state index contributed by atoms with van der Waals surface area (Å²) in [7, 11) is -3.79. The van der Waals surface area contributed by atoms with Crippen LogP contribution >= 0.6 is 0 Å². The van der Waals surface area contributed by atoms with Crippen LogP contribution < -0.4 is 4.74 Å². The highest BCUT2D eigenvalue weighted by Crippen LogP contribution is 2.24. The van der Waals surface area contributed by atoms with Gasteiger partial charge in [-0.3, -0.25) is 0 Å². The second-order valence-electron chi connectivity index (χ2n) is 6.72. The van der Waals surface area contributed by atoms with Gasteiger partial charge in [0.1, 0.15) is 17.7 Å². The number of halogens is 2. The highest BCUT2D eigenvalue weighted by Gasteiger charge is 2.33. The van der Waals surface area contributed by atoms with Crippen LogP contribution in [0.5, 0.6) is 5.88 Å². The van der Waals surface area contributed by atoms with Crippen LogP contribution in [0.3, 0.4) is 0 Å². The molecule has 28 heavy (non-hydrogen) atoms. The van der Waals surface area contributed by atoms with Crippen molar-refractivity contribution in [2.45, 2.75) is 18.3 Å². The normalized spacial score (nSPS) is 17.9. The zero-order valence-electron chi connectivity index (χ0n) is 14.9. The second kappa shape index (κ2) is 7.44. The van der Waals surface area contributed by atoms with Gasteiger partial charge in [-0.15, -0.1) is 0 Å². The molecule has 0 amide bonds. The number of sulfonamides is 1. The minimum Gasteiger partial charge on any atom is -0.473 e. The summed E-state index contributed by atoms with van der Waals surface area (Å²) in [5.41, 5.74) is 0.615. The fourth-order valence-corrected chi connectivity index (χ4v) is 4.85. The number of pyridine rings is 1. The second-order valence-corrected chi connectivity index (χ2v) is 8.69. The minimum absolute atomic E-state index is 0.147. The van der Waals surface area contributed by atoms with Crippen molar-refractivity contribution in [3.8, 4) is 5.88 Å². The smallest absolute Gasteiger partial charge is 0.218 e. The third-order valence-electron chi connectivity index (χ3n) is 4.71. The van der Waals surface area contributed by atoms with E-state index in [9.17, 15) is 17.2 Å². The molecule has 0 saturated carbocycles. The molecule has 0 aliphatic carbocycles. The summed E-state index contributed by atoms with van der Waals surface area (Å²) in [6, 6.07) is 14.1. The van der Waals surface area contributed by atoms with E-state index >= 15 is 0 Å². The van der Waals surface area contributed by atoms with Crippen molar-refractivity contribution in [2.75, 3.05) is 13.1 Å². The lowest BCUT2D eigenvalue weighted by molar-refractivity contribution is 0.207. The van der Waals surface area contributed by atoms with E-state index in [-0.39, 0.29) is 24.8 Å². The Kier molecular flexibility index (Phi) is 4.99. The van der Waals surface area contributed by atoms with Crippen LogP contribution in [0, 0.1) is 11.6 Å². The third-order valence-corrected chi connectivity index (χ3v) is 6.50. The van der Waals surface area contributed by atoms with Crippen LogP contribution in [0.1, 0.15) is 12.0 Å². The van der Waals surface area contributed by atoms with E-state index < -0.39 is 27.4 Å². The number of hydrogen-bond donors (Lipinski definition) is 0. The first-order chi connectivity index (χ1) is 13.4. The molecule has 3 aromatic rings. The zero-order valence-corrected chi connectivity index (χ0v) is 15.7. The highest BCUT2D eigenvalue weighted by molar-refractivity contribution is 7.88. The van der Waals surface area contributed by atoms with Crippen molar-refractivity contribution in [1.82, 2.24) is 9.29 Å². The molecule has 2 aromatic carbocycles. The number of aromatic nitrogens is 1. The van der Waals surface area contributed by atoms with Crippen LogP contribution in [0.15, 0.2) is 54.6 Å². The number of hydrogen-bond acceptors (Lipinski definition) is 4. The Morgan fingerprint density at radius 2 is 1.93 bits per heavy atom. The lowest BCUT2D eigenvalue weighted by atomic mass is 10.2. The first-order valence-electron chi connectivity index (χ1n) is 8.85. The maximum atomic E-state index is 13.8. The molecular formula is C20H18F2N2O3S. The van der Waals surface area contributed by atoms with Gasteiger partial charge in [-0.2, -0.15) is 4.31 Å². The molecular weight excluding hydrogens is 386 g/mol. The van der Waals surface area contributed by atoms with Gasteiger partial charge in [0.2, 0.25) is 15.9 Å². The Morgan fingerprint density at radius 1 is 1.11 bits per heavy atom. The Morgan fingerprint density at radius 3 is 2.79 bits per heavy atom. The van der Waals surface area contributed by atoms with Gasteiger partial charge >= 0.3 is 0 Å². The molecule has 4 rings (SSSR count). The quantitative estimate of drug-likeness (QED) is 0.653. The number of fused-ring (bicyclic) bond motifs is 1. The van der Waals surface area contributed by atoms with Gasteiger partial charge in [-0.25, -0.2) is 22.2 Å². The maximum Gasteiger partial charge on any atom is 0.218 e. The molecule has 2 heterocycles. The maximum absolute atomic E-state index is 13.8. The molecule has 1 aromatic heterocycles. The first-order valence-corrected chi connectivity index (χ1v) is 10.5. The lowest BCUT2D eigenvalue weighted by Gasteiger charge is -2.17. The van der Waals surface area contributed by atoms with E-state index in [1.807, 2.05) is 30.3 Å². The summed E-state index contributed by atoms with van der Waals surface area (Å²) in [4.78, 5) is 4.43. The third kappa shape index (κ3) is 3.98. The van der Waals surface area contributed by atoms with Gasteiger partial charge in [-0.05, 0) is 36.8 Å². The van der Waals surface area contributed by atoms with E-state index in [0.29, 0.717) is 12.3 Å². The van der Waals surface area contributed by atoms with Crippen molar-refractivity contribution in [1.29, 1.82) is 0 Å². The van der Waals surface area contributed by atoms with E-state index in [4.69, 9.17) is 4.74 Å². The molecule has 0 bridgehead atoms.